The van der Waals surface area contributed by atoms with Crippen molar-refractivity contribution >= 4 is 56.9 Å². The van der Waals surface area contributed by atoms with Crippen molar-refractivity contribution in [3.05, 3.63) is 87.9 Å². The molecule has 0 fully saturated rings. The lowest BCUT2D eigenvalue weighted by Crippen LogP contribution is -2.48. The van der Waals surface area contributed by atoms with Gasteiger partial charge in [0.2, 0.25) is 10.0 Å². The first kappa shape index (κ1) is 30.1. The van der Waals surface area contributed by atoms with E-state index < -0.39 is 27.9 Å². The molecular weight excluding hydrogens is 563 g/mol. The van der Waals surface area contributed by atoms with Gasteiger partial charge < -0.3 is 10.1 Å². The van der Waals surface area contributed by atoms with E-state index in [2.05, 4.69) is 20.6 Å². The number of hydrogen-bond donors (Lipinski definition) is 3. The number of nitrogens with one attached hydrogen (secondary N) is 3. The summed E-state index contributed by atoms with van der Waals surface area (Å²) in [7, 11) is -3.90. The Morgan fingerprint density at radius 1 is 1.00 bits per heavy atom. The molecule has 0 heterocycles. The second-order valence-electron chi connectivity index (χ2n) is 8.92. The lowest BCUT2D eigenvalue weighted by Gasteiger charge is -2.20. The van der Waals surface area contributed by atoms with E-state index in [4.69, 9.17) is 27.9 Å². The molecule has 3 rings (SSSR count). The number of hydrogen-bond acceptors (Lipinski definition) is 6. The first-order valence-corrected chi connectivity index (χ1v) is 14.1. The Bertz CT molecular complexity index is 1440. The van der Waals surface area contributed by atoms with Gasteiger partial charge >= 0.3 is 0 Å². The summed E-state index contributed by atoms with van der Waals surface area (Å²) in [5.41, 5.74) is 4.32. The summed E-state index contributed by atoms with van der Waals surface area (Å²) in [6.45, 7) is 5.07. The molecule has 2 amide bonds. The Morgan fingerprint density at radius 2 is 1.67 bits per heavy atom. The topological polar surface area (TPSA) is 126 Å². The molecule has 3 aromatic rings. The van der Waals surface area contributed by atoms with Gasteiger partial charge in [0.05, 0.1) is 21.8 Å². The van der Waals surface area contributed by atoms with Gasteiger partial charge in [-0.1, -0.05) is 54.7 Å². The molecule has 12 heteroatoms. The molecule has 1 atom stereocenters. The molecule has 0 saturated heterocycles. The van der Waals surface area contributed by atoms with Gasteiger partial charge in [-0.2, -0.15) is 9.82 Å². The number of carbonyl (C=O) groups excluding carboxylic acids is 2. The maximum Gasteiger partial charge on any atom is 0.262 e. The lowest BCUT2D eigenvalue weighted by atomic mass is 10.1. The zero-order valence-corrected chi connectivity index (χ0v) is 23.8. The van der Waals surface area contributed by atoms with Crippen LogP contribution in [0.2, 0.25) is 10.0 Å². The fourth-order valence-electron chi connectivity index (χ4n) is 3.26. The molecule has 3 aromatic carbocycles. The van der Waals surface area contributed by atoms with E-state index in [0.29, 0.717) is 27.0 Å². The van der Waals surface area contributed by atoms with Crippen LogP contribution in [-0.2, 0) is 19.6 Å². The Kier molecular flexibility index (Phi) is 10.5. The van der Waals surface area contributed by atoms with Crippen LogP contribution >= 0.6 is 23.2 Å². The summed E-state index contributed by atoms with van der Waals surface area (Å²) in [6.07, 6.45) is 1.40. The van der Waals surface area contributed by atoms with Crippen LogP contribution in [0, 0.1) is 12.8 Å². The number of anilines is 1. The maximum atomic E-state index is 12.7. The second kappa shape index (κ2) is 13.6. The summed E-state index contributed by atoms with van der Waals surface area (Å²) in [5, 5.41) is 7.36. The van der Waals surface area contributed by atoms with Crippen LogP contribution in [0.15, 0.2) is 76.7 Å². The molecule has 0 bridgehead atoms. The van der Waals surface area contributed by atoms with Crippen molar-refractivity contribution < 1.29 is 22.7 Å². The van der Waals surface area contributed by atoms with Crippen LogP contribution in [0.4, 0.5) is 5.69 Å². The van der Waals surface area contributed by atoms with Crippen LogP contribution in [-0.4, -0.2) is 39.1 Å². The Balaban J connectivity index is 1.52. The highest BCUT2D eigenvalue weighted by Gasteiger charge is 2.28. The highest BCUT2D eigenvalue weighted by Crippen LogP contribution is 2.25. The number of hydrazone groups is 1. The smallest absolute Gasteiger partial charge is 0.262 e. The normalized spacial score (nSPS) is 12.4. The Hall–Kier alpha value is -3.44. The number of ether oxygens (including phenoxy) is 1. The molecule has 0 unspecified atom stereocenters. The third kappa shape index (κ3) is 9.07. The van der Waals surface area contributed by atoms with Crippen LogP contribution in [0.5, 0.6) is 5.75 Å². The number of amides is 2. The van der Waals surface area contributed by atoms with E-state index in [1.807, 2.05) is 6.92 Å². The van der Waals surface area contributed by atoms with Gasteiger partial charge in [-0.3, -0.25) is 9.59 Å². The van der Waals surface area contributed by atoms with E-state index >= 15 is 0 Å². The molecular formula is C27H28Cl2N4O5S. The number of aryl methyl sites for hydroxylation is 1. The van der Waals surface area contributed by atoms with Crippen molar-refractivity contribution in [1.29, 1.82) is 0 Å². The number of carbonyl (C=O) groups is 2. The van der Waals surface area contributed by atoms with E-state index in [1.165, 1.54) is 24.4 Å². The predicted molar refractivity (Wildman–Crippen MR) is 153 cm³/mol. The quantitative estimate of drug-likeness (QED) is 0.219. The molecule has 0 saturated carbocycles. The molecule has 39 heavy (non-hydrogen) atoms. The van der Waals surface area contributed by atoms with Gasteiger partial charge in [0.25, 0.3) is 11.8 Å². The zero-order valence-electron chi connectivity index (χ0n) is 21.4. The van der Waals surface area contributed by atoms with Crippen molar-refractivity contribution in [3.63, 3.8) is 0 Å². The highest BCUT2D eigenvalue weighted by molar-refractivity contribution is 7.89. The summed E-state index contributed by atoms with van der Waals surface area (Å²) < 4.78 is 33.4. The van der Waals surface area contributed by atoms with Crippen LogP contribution in [0.25, 0.3) is 0 Å². The summed E-state index contributed by atoms with van der Waals surface area (Å²) >= 11 is 12.0. The number of nitrogens with zero attached hydrogens (tertiary/aromatic N) is 1. The summed E-state index contributed by atoms with van der Waals surface area (Å²) in [6, 6.07) is 16.7. The molecule has 3 N–H and O–H groups in total. The fraction of sp³-hybridized carbons (Fsp3) is 0.222. The van der Waals surface area contributed by atoms with Crippen molar-refractivity contribution in [2.75, 3.05) is 11.9 Å². The largest absolute Gasteiger partial charge is 0.484 e. The van der Waals surface area contributed by atoms with Crippen LogP contribution < -0.4 is 20.2 Å². The summed E-state index contributed by atoms with van der Waals surface area (Å²) in [4.78, 5) is 24.9. The van der Waals surface area contributed by atoms with E-state index in [-0.39, 0.29) is 17.4 Å². The number of halogens is 2. The second-order valence-corrected chi connectivity index (χ2v) is 11.5. The van der Waals surface area contributed by atoms with Crippen molar-refractivity contribution in [2.24, 2.45) is 11.0 Å². The van der Waals surface area contributed by atoms with Gasteiger partial charge in [0.1, 0.15) is 11.8 Å². The molecule has 0 spiro atoms. The average molecular weight is 592 g/mol. The average Bonchev–Trinajstić information content (AvgIpc) is 2.89. The van der Waals surface area contributed by atoms with Gasteiger partial charge in [-0.15, -0.1) is 0 Å². The molecule has 0 aliphatic carbocycles. The molecule has 0 aliphatic heterocycles. The minimum atomic E-state index is -3.90. The Labute approximate surface area is 237 Å². The Morgan fingerprint density at radius 3 is 2.31 bits per heavy atom. The third-order valence-electron chi connectivity index (χ3n) is 5.40. The van der Waals surface area contributed by atoms with Crippen LogP contribution in [0.1, 0.15) is 25.0 Å². The number of rotatable bonds is 11. The predicted octanol–water partition coefficient (Wildman–Crippen LogP) is 4.77. The first-order chi connectivity index (χ1) is 18.4. The molecule has 0 aliphatic rings. The van der Waals surface area contributed by atoms with Crippen molar-refractivity contribution in [2.45, 2.75) is 31.7 Å². The maximum absolute atomic E-state index is 12.7. The molecule has 206 valence electrons. The SMILES string of the molecule is Cc1ccc(S(=O)(=O)N[C@H](C(=O)N/N=C\c2ccc(OCC(=O)Nc3cc(Cl)ccc3Cl)cc2)C(C)C)cc1. The highest BCUT2D eigenvalue weighted by atomic mass is 35.5. The monoisotopic (exact) mass is 590 g/mol. The summed E-state index contributed by atoms with van der Waals surface area (Å²) in [5.74, 6) is -0.897. The van der Waals surface area contributed by atoms with Gasteiger partial charge in [0.15, 0.2) is 6.61 Å². The van der Waals surface area contributed by atoms with E-state index in [0.717, 1.165) is 5.56 Å². The molecule has 9 nitrogen and oxygen atoms in total. The minimum absolute atomic E-state index is 0.0723. The standard InChI is InChI=1S/C27H28Cl2N4O5S/c1-17(2)26(33-39(36,37)22-11-4-18(3)5-12-22)27(35)32-30-15-19-6-9-21(10-7-19)38-16-25(34)31-24-14-20(28)8-13-23(24)29/h4-15,17,26,33H,16H2,1-3H3,(H,31,34)(H,32,35)/b30-15-/t26-/m0/s1. The van der Waals surface area contributed by atoms with Gasteiger partial charge in [-0.05, 0) is 73.0 Å². The lowest BCUT2D eigenvalue weighted by molar-refractivity contribution is -0.123. The molecule has 0 radical (unpaired) electrons. The number of sulfonamides is 1. The zero-order chi connectivity index (χ0) is 28.6. The number of benzene rings is 3. The van der Waals surface area contributed by atoms with Crippen molar-refractivity contribution in [1.82, 2.24) is 10.1 Å². The first-order valence-electron chi connectivity index (χ1n) is 11.8. The molecule has 0 aromatic heterocycles. The minimum Gasteiger partial charge on any atom is -0.484 e. The van der Waals surface area contributed by atoms with E-state index in [9.17, 15) is 18.0 Å². The van der Waals surface area contributed by atoms with Gasteiger partial charge in [0, 0.05) is 5.02 Å². The van der Waals surface area contributed by atoms with Gasteiger partial charge in [-0.25, -0.2) is 13.8 Å². The van der Waals surface area contributed by atoms with Crippen LogP contribution in [0.3, 0.4) is 0 Å². The van der Waals surface area contributed by atoms with E-state index in [1.54, 1.807) is 62.4 Å². The van der Waals surface area contributed by atoms with Crippen molar-refractivity contribution in [3.8, 4) is 5.75 Å². The third-order valence-corrected chi connectivity index (χ3v) is 7.43. The fourth-order valence-corrected chi connectivity index (χ4v) is 4.94.